The fourth-order valence-corrected chi connectivity index (χ4v) is 3.08. The van der Waals surface area contributed by atoms with Crippen LogP contribution < -0.4 is 5.73 Å². The van der Waals surface area contributed by atoms with Gasteiger partial charge in [0, 0.05) is 5.56 Å². The normalized spacial score (nSPS) is 10.8. The van der Waals surface area contributed by atoms with Crippen molar-refractivity contribution < 1.29 is 4.39 Å². The van der Waals surface area contributed by atoms with Crippen molar-refractivity contribution in [2.24, 2.45) is 0 Å². The van der Waals surface area contributed by atoms with Gasteiger partial charge in [0.2, 0.25) is 0 Å². The van der Waals surface area contributed by atoms with Crippen LogP contribution in [-0.4, -0.2) is 4.98 Å². The van der Waals surface area contributed by atoms with Gasteiger partial charge in [-0.15, -0.1) is 0 Å². The van der Waals surface area contributed by atoms with Crippen LogP contribution in [0.1, 0.15) is 11.1 Å². The average molecular weight is 298 g/mol. The van der Waals surface area contributed by atoms with E-state index in [-0.39, 0.29) is 5.82 Å². The molecule has 0 aliphatic rings. The van der Waals surface area contributed by atoms with Gasteiger partial charge >= 0.3 is 0 Å². The van der Waals surface area contributed by atoms with Crippen LogP contribution in [0, 0.1) is 19.7 Å². The number of hydrogen-bond acceptors (Lipinski definition) is 3. The zero-order chi connectivity index (χ0) is 15.0. The predicted octanol–water partition coefficient (Wildman–Crippen LogP) is 4.82. The molecule has 0 radical (unpaired) electrons. The molecule has 21 heavy (non-hydrogen) atoms. The van der Waals surface area contributed by atoms with Crippen molar-refractivity contribution in [1.29, 1.82) is 0 Å². The number of benzene rings is 2. The molecule has 2 N–H and O–H groups in total. The van der Waals surface area contributed by atoms with Gasteiger partial charge in [-0.25, -0.2) is 9.37 Å². The van der Waals surface area contributed by atoms with Crippen molar-refractivity contribution in [3.8, 4) is 21.7 Å². The van der Waals surface area contributed by atoms with E-state index in [1.807, 2.05) is 6.07 Å². The first-order chi connectivity index (χ1) is 10.0. The second kappa shape index (κ2) is 5.30. The van der Waals surface area contributed by atoms with Crippen LogP contribution in [0.15, 0.2) is 42.5 Å². The number of hydrogen-bond donors (Lipinski definition) is 1. The van der Waals surface area contributed by atoms with Crippen molar-refractivity contribution in [2.75, 3.05) is 5.73 Å². The van der Waals surface area contributed by atoms with E-state index in [9.17, 15) is 4.39 Å². The van der Waals surface area contributed by atoms with Crippen molar-refractivity contribution in [3.63, 3.8) is 0 Å². The van der Waals surface area contributed by atoms with Gasteiger partial charge in [-0.1, -0.05) is 35.6 Å². The number of halogens is 1. The van der Waals surface area contributed by atoms with Crippen molar-refractivity contribution in [3.05, 3.63) is 59.4 Å². The molecule has 0 aliphatic heterocycles. The van der Waals surface area contributed by atoms with Gasteiger partial charge < -0.3 is 5.73 Å². The fourth-order valence-electron chi connectivity index (χ4n) is 2.22. The van der Waals surface area contributed by atoms with E-state index < -0.39 is 0 Å². The maximum absolute atomic E-state index is 13.1. The maximum Gasteiger partial charge on any atom is 0.181 e. The third-order valence-electron chi connectivity index (χ3n) is 3.53. The highest BCUT2D eigenvalue weighted by Gasteiger charge is 2.14. The quantitative estimate of drug-likeness (QED) is 0.737. The number of nitrogen functional groups attached to an aromatic ring is 1. The monoisotopic (exact) mass is 298 g/mol. The predicted molar refractivity (Wildman–Crippen MR) is 86.8 cm³/mol. The van der Waals surface area contributed by atoms with Gasteiger partial charge in [0.05, 0.1) is 10.6 Å². The summed E-state index contributed by atoms with van der Waals surface area (Å²) in [6.45, 7) is 4.15. The number of rotatable bonds is 2. The summed E-state index contributed by atoms with van der Waals surface area (Å²) in [4.78, 5) is 5.42. The molecule has 0 unspecified atom stereocenters. The minimum absolute atomic E-state index is 0.246. The molecule has 0 aliphatic carbocycles. The minimum Gasteiger partial charge on any atom is -0.375 e. The van der Waals surface area contributed by atoms with Crippen LogP contribution in [0.25, 0.3) is 21.7 Å². The van der Waals surface area contributed by atoms with E-state index in [2.05, 4.69) is 31.0 Å². The third kappa shape index (κ3) is 2.67. The second-order valence-corrected chi connectivity index (χ2v) is 6.07. The van der Waals surface area contributed by atoms with Crippen LogP contribution in [-0.2, 0) is 0 Å². The summed E-state index contributed by atoms with van der Waals surface area (Å²) in [5.74, 6) is -0.246. The average Bonchev–Trinajstić information content (AvgIpc) is 2.85. The first kappa shape index (κ1) is 13.8. The number of nitrogens with zero attached hydrogens (tertiary/aromatic N) is 1. The molecule has 3 aromatic rings. The van der Waals surface area contributed by atoms with E-state index in [1.165, 1.54) is 34.6 Å². The Morgan fingerprint density at radius 3 is 2.29 bits per heavy atom. The third-order valence-corrected chi connectivity index (χ3v) is 4.46. The van der Waals surface area contributed by atoms with E-state index in [1.54, 1.807) is 12.1 Å². The smallest absolute Gasteiger partial charge is 0.181 e. The SMILES string of the molecule is Cc1ccc(-c2nc(N)sc2-c2ccc(F)cc2)cc1C. The standard InChI is InChI=1S/C17H15FN2S/c1-10-3-4-13(9-11(10)2)15-16(21-17(19)20-15)12-5-7-14(18)8-6-12/h3-9H,1-2H3,(H2,19,20). The molecule has 2 nitrogen and oxygen atoms in total. The molecule has 0 amide bonds. The van der Waals surface area contributed by atoms with Gasteiger partial charge in [0.1, 0.15) is 5.82 Å². The highest BCUT2D eigenvalue weighted by atomic mass is 32.1. The molecule has 0 spiro atoms. The van der Waals surface area contributed by atoms with Gasteiger partial charge in [-0.3, -0.25) is 0 Å². The first-order valence-electron chi connectivity index (χ1n) is 6.64. The number of anilines is 1. The summed E-state index contributed by atoms with van der Waals surface area (Å²) < 4.78 is 13.1. The van der Waals surface area contributed by atoms with E-state index in [0.29, 0.717) is 5.13 Å². The molecule has 106 valence electrons. The lowest BCUT2D eigenvalue weighted by Crippen LogP contribution is -1.87. The zero-order valence-electron chi connectivity index (χ0n) is 11.9. The van der Waals surface area contributed by atoms with Crippen LogP contribution in [0.2, 0.25) is 0 Å². The van der Waals surface area contributed by atoms with Crippen LogP contribution in [0.3, 0.4) is 0 Å². The Kier molecular flexibility index (Phi) is 3.47. The van der Waals surface area contributed by atoms with Crippen molar-refractivity contribution >= 4 is 16.5 Å². The Balaban J connectivity index is 2.15. The molecule has 1 heterocycles. The summed E-state index contributed by atoms with van der Waals surface area (Å²) in [5, 5.41) is 0.516. The maximum atomic E-state index is 13.1. The first-order valence-corrected chi connectivity index (χ1v) is 7.46. The van der Waals surface area contributed by atoms with E-state index in [4.69, 9.17) is 5.73 Å². The zero-order valence-corrected chi connectivity index (χ0v) is 12.7. The molecule has 0 saturated heterocycles. The molecular formula is C17H15FN2S. The lowest BCUT2D eigenvalue weighted by molar-refractivity contribution is 0.628. The Morgan fingerprint density at radius 1 is 0.952 bits per heavy atom. The summed E-state index contributed by atoms with van der Waals surface area (Å²) in [6, 6.07) is 12.7. The Bertz CT molecular complexity index is 791. The van der Waals surface area contributed by atoms with Crippen molar-refractivity contribution in [1.82, 2.24) is 4.98 Å². The molecule has 0 atom stereocenters. The Labute approximate surface area is 127 Å². The fraction of sp³-hybridized carbons (Fsp3) is 0.118. The molecule has 2 aromatic carbocycles. The summed E-state index contributed by atoms with van der Waals surface area (Å²) >= 11 is 1.42. The lowest BCUT2D eigenvalue weighted by atomic mass is 10.0. The van der Waals surface area contributed by atoms with Crippen LogP contribution in [0.5, 0.6) is 0 Å². The highest BCUT2D eigenvalue weighted by Crippen LogP contribution is 2.38. The largest absolute Gasteiger partial charge is 0.375 e. The van der Waals surface area contributed by atoms with E-state index >= 15 is 0 Å². The summed E-state index contributed by atoms with van der Waals surface area (Å²) in [7, 11) is 0. The van der Waals surface area contributed by atoms with Crippen molar-refractivity contribution in [2.45, 2.75) is 13.8 Å². The van der Waals surface area contributed by atoms with Gasteiger partial charge in [0.15, 0.2) is 5.13 Å². The number of thiazole rings is 1. The van der Waals surface area contributed by atoms with E-state index in [0.717, 1.165) is 21.7 Å². The lowest BCUT2D eigenvalue weighted by Gasteiger charge is -2.06. The van der Waals surface area contributed by atoms with Gasteiger partial charge in [-0.05, 0) is 48.7 Å². The molecule has 3 rings (SSSR count). The molecule has 0 saturated carbocycles. The topological polar surface area (TPSA) is 38.9 Å². The minimum atomic E-state index is -0.246. The molecular weight excluding hydrogens is 283 g/mol. The second-order valence-electron chi connectivity index (χ2n) is 5.04. The molecule has 0 bridgehead atoms. The van der Waals surface area contributed by atoms with Crippen LogP contribution in [0.4, 0.5) is 9.52 Å². The number of aromatic nitrogens is 1. The summed E-state index contributed by atoms with van der Waals surface area (Å²) in [5.41, 5.74) is 11.2. The van der Waals surface area contributed by atoms with Gasteiger partial charge in [0.25, 0.3) is 0 Å². The van der Waals surface area contributed by atoms with Gasteiger partial charge in [-0.2, -0.15) is 0 Å². The summed E-state index contributed by atoms with van der Waals surface area (Å²) in [6.07, 6.45) is 0. The Morgan fingerprint density at radius 2 is 1.62 bits per heavy atom. The number of nitrogens with two attached hydrogens (primary N) is 1. The molecule has 4 heteroatoms. The highest BCUT2D eigenvalue weighted by molar-refractivity contribution is 7.19. The Hall–Kier alpha value is -2.20. The van der Waals surface area contributed by atoms with Crippen LogP contribution >= 0.6 is 11.3 Å². The molecule has 1 aromatic heterocycles. The number of aryl methyl sites for hydroxylation is 2. The molecule has 0 fully saturated rings.